The first kappa shape index (κ1) is 29.8. The first-order chi connectivity index (χ1) is 13.4. The normalized spacial score (nSPS) is 18.3. The number of carboxylic acids is 1. The van der Waals surface area contributed by atoms with Gasteiger partial charge in [-0.1, -0.05) is 27.7 Å². The summed E-state index contributed by atoms with van der Waals surface area (Å²) >= 11 is 8.80. The van der Waals surface area contributed by atoms with Crippen LogP contribution in [0.15, 0.2) is 0 Å². The molecule has 0 radical (unpaired) electrons. The number of nitrogens with two attached hydrogens (primary N) is 1. The molecule has 0 unspecified atom stereocenters. The van der Waals surface area contributed by atoms with Gasteiger partial charge in [-0.15, -0.1) is 0 Å². The van der Waals surface area contributed by atoms with E-state index in [2.05, 4.69) is 33.3 Å². The Kier molecular flexibility index (Phi) is 17.9. The Hall–Kier alpha value is -1.42. The summed E-state index contributed by atoms with van der Waals surface area (Å²) in [5.74, 6) is -0.630. The van der Waals surface area contributed by atoms with Gasteiger partial charge in [0.05, 0.1) is 0 Å². The average Bonchev–Trinajstić information content (AvgIpc) is 3.20. The molecule has 11 heteroatoms. The van der Waals surface area contributed by atoms with Crippen molar-refractivity contribution in [2.45, 2.75) is 65.5 Å². The maximum atomic E-state index is 10.8. The molecule has 170 valence electrons. The Morgan fingerprint density at radius 3 is 1.83 bits per heavy atom. The minimum absolute atomic E-state index is 0.357. The molecule has 0 aromatic heterocycles. The van der Waals surface area contributed by atoms with Crippen LogP contribution >= 0.6 is 23.2 Å². The van der Waals surface area contributed by atoms with E-state index in [4.69, 9.17) is 20.4 Å². The molecule has 29 heavy (non-hydrogen) atoms. The molecule has 0 bridgehead atoms. The first-order valence-electron chi connectivity index (χ1n) is 9.30. The summed E-state index contributed by atoms with van der Waals surface area (Å²) in [6.45, 7) is 9.86. The highest BCUT2D eigenvalue weighted by atomic mass is 35.5. The molecular weight excluding hydrogens is 427 g/mol. The largest absolute Gasteiger partial charge is 0.480 e. The number of carboxylic acid groups (broad SMARTS) is 1. The standard InChI is InChI=1S/C7H11NO3.C6H13NO2.C4H8O.CCl2O/c1-4(2)3-5-6(9)11-7(10)8-5;1-4(2)3-5(7)6(8)9;1-2-4-5-3-1;2-1(3)4/h4-5H,3H2,1-2H3,(H,8,10);4-5H,3,7H2,1-2H3,(H,8,9);1-4H2;/t2*5-;;/m11../s1. The minimum atomic E-state index is -0.913. The third kappa shape index (κ3) is 21.1. The van der Waals surface area contributed by atoms with Crippen molar-refractivity contribution in [1.82, 2.24) is 5.32 Å². The van der Waals surface area contributed by atoms with Crippen LogP contribution in [0.1, 0.15) is 53.4 Å². The highest BCUT2D eigenvalue weighted by molar-refractivity contribution is 6.93. The summed E-state index contributed by atoms with van der Waals surface area (Å²) in [5, 5.41) is 10.7. The molecular formula is C18H32Cl2N2O7. The lowest BCUT2D eigenvalue weighted by Crippen LogP contribution is -2.31. The topological polar surface area (TPSA) is 145 Å². The Balaban J connectivity index is 0. The molecule has 2 saturated heterocycles. The van der Waals surface area contributed by atoms with Gasteiger partial charge in [0.1, 0.15) is 12.1 Å². The zero-order valence-electron chi connectivity index (χ0n) is 17.3. The number of carbonyl (C=O) groups is 4. The summed E-state index contributed by atoms with van der Waals surface area (Å²) in [7, 11) is 0. The number of rotatable bonds is 5. The smallest absolute Gasteiger partial charge is 0.415 e. The fourth-order valence-electron chi connectivity index (χ4n) is 2.14. The van der Waals surface area contributed by atoms with Crippen LogP contribution in [0.4, 0.5) is 9.59 Å². The number of aliphatic carboxylic acids is 1. The number of nitrogens with one attached hydrogen (secondary N) is 1. The van der Waals surface area contributed by atoms with Crippen LogP contribution < -0.4 is 11.1 Å². The van der Waals surface area contributed by atoms with Crippen LogP contribution in [0, 0.1) is 11.8 Å². The molecule has 0 spiro atoms. The van der Waals surface area contributed by atoms with E-state index in [-0.39, 0.29) is 0 Å². The van der Waals surface area contributed by atoms with E-state index in [0.717, 1.165) is 13.2 Å². The minimum Gasteiger partial charge on any atom is -0.480 e. The predicted molar refractivity (Wildman–Crippen MR) is 110 cm³/mol. The van der Waals surface area contributed by atoms with Gasteiger partial charge in [-0.2, -0.15) is 0 Å². The molecule has 2 aliphatic heterocycles. The van der Waals surface area contributed by atoms with Crippen molar-refractivity contribution in [3.63, 3.8) is 0 Å². The van der Waals surface area contributed by atoms with Crippen LogP contribution in [-0.2, 0) is 19.1 Å². The van der Waals surface area contributed by atoms with E-state index in [1.165, 1.54) is 12.8 Å². The van der Waals surface area contributed by atoms with Gasteiger partial charge in [0.25, 0.3) is 0 Å². The monoisotopic (exact) mass is 458 g/mol. The highest BCUT2D eigenvalue weighted by Crippen LogP contribution is 2.10. The molecule has 4 N–H and O–H groups in total. The molecule has 0 saturated carbocycles. The fourth-order valence-corrected chi connectivity index (χ4v) is 2.14. The molecule has 1 amide bonds. The van der Waals surface area contributed by atoms with Gasteiger partial charge in [0.2, 0.25) is 0 Å². The number of hydrogen-bond donors (Lipinski definition) is 3. The van der Waals surface area contributed by atoms with Crippen molar-refractivity contribution in [2.75, 3.05) is 13.2 Å². The van der Waals surface area contributed by atoms with Gasteiger partial charge >= 0.3 is 22.7 Å². The molecule has 2 rings (SSSR count). The molecule has 2 atom stereocenters. The SMILES string of the molecule is C1CCOC1.CC(C)C[C@@H](N)C(=O)O.CC(C)C[C@H]1NC(=O)OC1=O.O=C(Cl)Cl. The molecule has 2 heterocycles. The number of amides is 1. The van der Waals surface area contributed by atoms with Gasteiger partial charge in [0, 0.05) is 13.2 Å². The lowest BCUT2D eigenvalue weighted by atomic mass is 10.0. The number of alkyl carbamates (subject to hydrolysis) is 1. The van der Waals surface area contributed by atoms with Crippen LogP contribution in [0.2, 0.25) is 0 Å². The zero-order valence-corrected chi connectivity index (χ0v) is 18.8. The average molecular weight is 459 g/mol. The lowest BCUT2D eigenvalue weighted by Gasteiger charge is -2.07. The van der Waals surface area contributed by atoms with Gasteiger partial charge in [-0.05, 0) is 60.7 Å². The van der Waals surface area contributed by atoms with Crippen molar-refractivity contribution in [3.8, 4) is 0 Å². The summed E-state index contributed by atoms with van der Waals surface area (Å²) in [4.78, 5) is 40.4. The first-order valence-corrected chi connectivity index (χ1v) is 10.1. The molecule has 0 aliphatic carbocycles. The summed E-state index contributed by atoms with van der Waals surface area (Å²) < 4.78 is 8.34. The van der Waals surface area contributed by atoms with Crippen molar-refractivity contribution in [3.05, 3.63) is 0 Å². The van der Waals surface area contributed by atoms with Crippen molar-refractivity contribution in [1.29, 1.82) is 0 Å². The maximum Gasteiger partial charge on any atom is 0.415 e. The van der Waals surface area contributed by atoms with Crippen LogP contribution in [0.5, 0.6) is 0 Å². The van der Waals surface area contributed by atoms with Gasteiger partial charge < -0.3 is 25.6 Å². The molecule has 0 aromatic carbocycles. The second-order valence-electron chi connectivity index (χ2n) is 7.15. The van der Waals surface area contributed by atoms with Crippen LogP contribution in [0.3, 0.4) is 0 Å². The molecule has 9 nitrogen and oxygen atoms in total. The zero-order chi connectivity index (χ0) is 23.0. The van der Waals surface area contributed by atoms with E-state index in [9.17, 15) is 14.4 Å². The quantitative estimate of drug-likeness (QED) is 0.322. The third-order valence-electron chi connectivity index (χ3n) is 3.35. The number of carbonyl (C=O) groups excluding carboxylic acids is 3. The number of ether oxygens (including phenoxy) is 2. The number of halogens is 2. The van der Waals surface area contributed by atoms with Crippen molar-refractivity contribution in [2.24, 2.45) is 17.6 Å². The van der Waals surface area contributed by atoms with Crippen LogP contribution in [-0.4, -0.2) is 53.1 Å². The Labute approximate surface area is 181 Å². The third-order valence-corrected chi connectivity index (χ3v) is 3.35. The van der Waals surface area contributed by atoms with Crippen LogP contribution in [0.25, 0.3) is 0 Å². The second-order valence-corrected chi connectivity index (χ2v) is 8.03. The summed E-state index contributed by atoms with van der Waals surface area (Å²) in [5.41, 5.74) is 5.22. The number of esters is 1. The highest BCUT2D eigenvalue weighted by Gasteiger charge is 2.32. The van der Waals surface area contributed by atoms with E-state index < -0.39 is 34.8 Å². The van der Waals surface area contributed by atoms with E-state index >= 15 is 0 Å². The molecule has 0 aromatic rings. The Morgan fingerprint density at radius 1 is 1.14 bits per heavy atom. The second kappa shape index (κ2) is 17.4. The number of hydrogen-bond acceptors (Lipinski definition) is 7. The number of cyclic esters (lactones) is 2. The summed E-state index contributed by atoms with van der Waals surface area (Å²) in [6.07, 6.45) is 3.13. The maximum absolute atomic E-state index is 10.8. The van der Waals surface area contributed by atoms with E-state index in [0.29, 0.717) is 24.7 Å². The van der Waals surface area contributed by atoms with Gasteiger partial charge in [-0.25, -0.2) is 9.59 Å². The molecule has 2 aliphatic rings. The van der Waals surface area contributed by atoms with Gasteiger partial charge in [0.15, 0.2) is 0 Å². The van der Waals surface area contributed by atoms with E-state index in [1.807, 2.05) is 27.7 Å². The van der Waals surface area contributed by atoms with Crippen molar-refractivity contribution < 1.29 is 33.8 Å². The van der Waals surface area contributed by atoms with Gasteiger partial charge in [-0.3, -0.25) is 9.59 Å². The van der Waals surface area contributed by atoms with E-state index in [1.54, 1.807) is 0 Å². The van der Waals surface area contributed by atoms with Crippen molar-refractivity contribution >= 4 is 45.9 Å². The fraction of sp³-hybridized carbons (Fsp3) is 0.778. The Morgan fingerprint density at radius 2 is 1.62 bits per heavy atom. The molecule has 2 fully saturated rings. The summed E-state index contributed by atoms with van der Waals surface area (Å²) in [6, 6.07) is -1.12. The lowest BCUT2D eigenvalue weighted by molar-refractivity contribution is -0.139. The Bertz CT molecular complexity index is 501. The predicted octanol–water partition coefficient (Wildman–Crippen LogP) is 3.49.